The minimum atomic E-state index is -0.614. The van der Waals surface area contributed by atoms with Gasteiger partial charge in [-0.05, 0) is 33.7 Å². The van der Waals surface area contributed by atoms with Crippen molar-refractivity contribution in [3.8, 4) is 0 Å². The van der Waals surface area contributed by atoms with Gasteiger partial charge in [0.25, 0.3) is 0 Å². The molecular formula is C10H10BrFN2OS. The van der Waals surface area contributed by atoms with Crippen molar-refractivity contribution in [2.45, 2.75) is 6.42 Å². The first-order chi connectivity index (χ1) is 7.61. The Labute approximate surface area is 107 Å². The highest BCUT2D eigenvalue weighted by Crippen LogP contribution is 2.28. The number of aromatic nitrogens is 1. The minimum Gasteiger partial charge on any atom is -0.308 e. The quantitative estimate of drug-likeness (QED) is 0.672. The fourth-order valence-electron chi connectivity index (χ4n) is 1.74. The summed E-state index contributed by atoms with van der Waals surface area (Å²) in [5.41, 5.74) is 0.239. The fourth-order valence-corrected chi connectivity index (χ4v) is 2.30. The third-order valence-corrected chi connectivity index (χ3v) is 3.49. The molecule has 0 saturated carbocycles. The molecule has 1 saturated heterocycles. The number of thiol groups is 1. The zero-order valence-corrected chi connectivity index (χ0v) is 10.8. The number of carbonyl (C=O) groups is 1. The van der Waals surface area contributed by atoms with Gasteiger partial charge in [0.15, 0.2) is 0 Å². The van der Waals surface area contributed by atoms with Gasteiger partial charge in [0.05, 0.1) is 0 Å². The first kappa shape index (κ1) is 11.9. The van der Waals surface area contributed by atoms with E-state index in [9.17, 15) is 9.18 Å². The van der Waals surface area contributed by atoms with E-state index in [-0.39, 0.29) is 17.5 Å². The maximum Gasteiger partial charge on any atom is 0.236 e. The van der Waals surface area contributed by atoms with Crippen molar-refractivity contribution in [3.63, 3.8) is 0 Å². The Bertz CT molecular complexity index is 429. The van der Waals surface area contributed by atoms with Crippen molar-refractivity contribution < 1.29 is 9.18 Å². The van der Waals surface area contributed by atoms with Crippen molar-refractivity contribution in [2.75, 3.05) is 17.2 Å². The van der Waals surface area contributed by atoms with Crippen LogP contribution in [0.5, 0.6) is 0 Å². The molecule has 6 heteroatoms. The molecular weight excluding hydrogens is 295 g/mol. The lowest BCUT2D eigenvalue weighted by atomic mass is 10.1. The van der Waals surface area contributed by atoms with Gasteiger partial charge in [-0.1, -0.05) is 0 Å². The first-order valence-electron chi connectivity index (χ1n) is 4.84. The van der Waals surface area contributed by atoms with Crippen LogP contribution in [0, 0.1) is 11.9 Å². The number of carbonyl (C=O) groups excluding carboxylic acids is 1. The van der Waals surface area contributed by atoms with E-state index < -0.39 is 5.95 Å². The van der Waals surface area contributed by atoms with E-state index in [4.69, 9.17) is 0 Å². The number of pyridine rings is 1. The number of halogens is 2. The molecule has 2 heterocycles. The Balaban J connectivity index is 2.30. The smallest absolute Gasteiger partial charge is 0.236 e. The van der Waals surface area contributed by atoms with Crippen LogP contribution >= 0.6 is 28.6 Å². The van der Waals surface area contributed by atoms with Gasteiger partial charge in [-0.15, -0.1) is 0 Å². The Morgan fingerprint density at radius 3 is 3.06 bits per heavy atom. The predicted octanol–water partition coefficient (Wildman–Crippen LogP) is 2.27. The van der Waals surface area contributed by atoms with Crippen molar-refractivity contribution >= 4 is 40.2 Å². The molecule has 1 aliphatic rings. The normalized spacial score (nSPS) is 20.6. The predicted molar refractivity (Wildman–Crippen MR) is 66.2 cm³/mol. The van der Waals surface area contributed by atoms with E-state index in [0.29, 0.717) is 23.2 Å². The first-order valence-corrected chi connectivity index (χ1v) is 6.26. The summed E-state index contributed by atoms with van der Waals surface area (Å²) in [6, 6.07) is 1.57. The maximum atomic E-state index is 13.5. The topological polar surface area (TPSA) is 33.2 Å². The van der Waals surface area contributed by atoms with Gasteiger partial charge in [-0.25, -0.2) is 4.98 Å². The standard InChI is InChI=1S/C10H10BrFN2OS/c11-7-2-8(10(12)13-3-7)14-4-6(5-16)1-9(14)15/h2-3,6,16H,1,4-5H2. The maximum absolute atomic E-state index is 13.5. The van der Waals surface area contributed by atoms with Crippen LogP contribution < -0.4 is 4.90 Å². The fraction of sp³-hybridized carbons (Fsp3) is 0.400. The molecule has 1 aliphatic heterocycles. The molecule has 1 aromatic rings. The number of anilines is 1. The molecule has 1 amide bonds. The van der Waals surface area contributed by atoms with Crippen molar-refractivity contribution in [2.24, 2.45) is 5.92 Å². The Morgan fingerprint density at radius 1 is 1.69 bits per heavy atom. The van der Waals surface area contributed by atoms with Crippen molar-refractivity contribution in [1.82, 2.24) is 4.98 Å². The third kappa shape index (κ3) is 2.22. The Hall–Kier alpha value is -0.620. The molecule has 16 heavy (non-hydrogen) atoms. The molecule has 86 valence electrons. The second-order valence-electron chi connectivity index (χ2n) is 3.72. The molecule has 2 rings (SSSR count). The summed E-state index contributed by atoms with van der Waals surface area (Å²) in [7, 11) is 0. The number of hydrogen-bond acceptors (Lipinski definition) is 3. The zero-order valence-electron chi connectivity index (χ0n) is 8.36. The van der Waals surface area contributed by atoms with Crippen LogP contribution in [0.1, 0.15) is 6.42 Å². The molecule has 1 atom stereocenters. The van der Waals surface area contributed by atoms with Crippen molar-refractivity contribution in [3.05, 3.63) is 22.7 Å². The average Bonchev–Trinajstić information content (AvgIpc) is 2.63. The molecule has 3 nitrogen and oxygen atoms in total. The molecule has 0 aromatic carbocycles. The molecule has 0 N–H and O–H groups in total. The molecule has 1 aromatic heterocycles. The molecule has 1 unspecified atom stereocenters. The van der Waals surface area contributed by atoms with Gasteiger partial charge in [0, 0.05) is 23.6 Å². The highest BCUT2D eigenvalue weighted by atomic mass is 79.9. The van der Waals surface area contributed by atoms with E-state index in [1.807, 2.05) is 0 Å². The summed E-state index contributed by atoms with van der Waals surface area (Å²) in [5.74, 6) is 0.133. The Morgan fingerprint density at radius 2 is 2.44 bits per heavy atom. The monoisotopic (exact) mass is 304 g/mol. The van der Waals surface area contributed by atoms with Crippen LogP contribution in [-0.2, 0) is 4.79 Å². The lowest BCUT2D eigenvalue weighted by Gasteiger charge is -2.16. The minimum absolute atomic E-state index is 0.0714. The van der Waals surface area contributed by atoms with Crippen LogP contribution in [0.25, 0.3) is 0 Å². The number of rotatable bonds is 2. The molecule has 0 radical (unpaired) electrons. The average molecular weight is 305 g/mol. The van der Waals surface area contributed by atoms with Gasteiger partial charge in [0.1, 0.15) is 5.69 Å². The lowest BCUT2D eigenvalue weighted by Crippen LogP contribution is -2.26. The third-order valence-electron chi connectivity index (χ3n) is 2.54. The summed E-state index contributed by atoms with van der Waals surface area (Å²) in [5, 5.41) is 0. The molecule has 0 aliphatic carbocycles. The van der Waals surface area contributed by atoms with E-state index >= 15 is 0 Å². The number of nitrogens with zero attached hydrogens (tertiary/aromatic N) is 2. The van der Waals surface area contributed by atoms with E-state index in [1.165, 1.54) is 11.1 Å². The van der Waals surface area contributed by atoms with Gasteiger partial charge < -0.3 is 4.90 Å². The second-order valence-corrected chi connectivity index (χ2v) is 5.00. The van der Waals surface area contributed by atoms with Crippen LogP contribution in [-0.4, -0.2) is 23.2 Å². The van der Waals surface area contributed by atoms with Gasteiger partial charge in [0.2, 0.25) is 11.9 Å². The largest absolute Gasteiger partial charge is 0.308 e. The van der Waals surface area contributed by atoms with E-state index in [1.54, 1.807) is 6.07 Å². The summed E-state index contributed by atoms with van der Waals surface area (Å²) in [6.45, 7) is 0.511. The SMILES string of the molecule is O=C1CC(CS)CN1c1cc(Br)cnc1F. The Kier molecular flexibility index (Phi) is 3.49. The highest BCUT2D eigenvalue weighted by molar-refractivity contribution is 9.10. The highest BCUT2D eigenvalue weighted by Gasteiger charge is 2.31. The summed E-state index contributed by atoms with van der Waals surface area (Å²) in [6.07, 6.45) is 1.80. The van der Waals surface area contributed by atoms with Gasteiger partial charge >= 0.3 is 0 Å². The molecule has 0 spiro atoms. The second kappa shape index (κ2) is 4.71. The van der Waals surface area contributed by atoms with Crippen LogP contribution in [0.15, 0.2) is 16.7 Å². The van der Waals surface area contributed by atoms with Crippen LogP contribution in [0.3, 0.4) is 0 Å². The molecule has 1 fully saturated rings. The number of amides is 1. The van der Waals surface area contributed by atoms with Gasteiger partial charge in [-0.2, -0.15) is 17.0 Å². The summed E-state index contributed by atoms with van der Waals surface area (Å²) in [4.78, 5) is 16.7. The summed E-state index contributed by atoms with van der Waals surface area (Å²) < 4.78 is 14.1. The number of hydrogen-bond donors (Lipinski definition) is 1. The molecule has 0 bridgehead atoms. The zero-order chi connectivity index (χ0) is 11.7. The van der Waals surface area contributed by atoms with E-state index in [0.717, 1.165) is 0 Å². The van der Waals surface area contributed by atoms with Gasteiger partial charge in [-0.3, -0.25) is 4.79 Å². The van der Waals surface area contributed by atoms with Crippen molar-refractivity contribution in [1.29, 1.82) is 0 Å². The van der Waals surface area contributed by atoms with Crippen LogP contribution in [0.2, 0.25) is 0 Å². The lowest BCUT2D eigenvalue weighted by molar-refractivity contribution is -0.117. The van der Waals surface area contributed by atoms with Crippen LogP contribution in [0.4, 0.5) is 10.1 Å². The summed E-state index contributed by atoms with van der Waals surface area (Å²) >= 11 is 7.37. The van der Waals surface area contributed by atoms with E-state index in [2.05, 4.69) is 33.5 Å².